The molecule has 8 aromatic rings. The van der Waals surface area contributed by atoms with E-state index in [0.717, 1.165) is 107 Å². The largest absolute Gasteiger partial charge is 0.361 e. The third-order valence-corrected chi connectivity index (χ3v) is 19.0. The van der Waals surface area contributed by atoms with E-state index in [4.69, 9.17) is 28.3 Å². The maximum Gasteiger partial charge on any atom is 0.317 e. The Labute approximate surface area is 497 Å². The minimum absolute atomic E-state index is 0.0734. The molecule has 0 saturated carbocycles. The lowest BCUT2D eigenvalue weighted by molar-refractivity contribution is -0.128. The highest BCUT2D eigenvalue weighted by Crippen LogP contribution is 2.37. The number of aromatic amines is 4. The van der Waals surface area contributed by atoms with Gasteiger partial charge in [-0.3, -0.25) is 4.79 Å². The summed E-state index contributed by atoms with van der Waals surface area (Å²) >= 11 is 11.7. The maximum absolute atomic E-state index is 13.4. The van der Waals surface area contributed by atoms with E-state index in [1.54, 1.807) is 30.0 Å². The molecule has 0 unspecified atom stereocenters. The number of sulfonamides is 1. The summed E-state index contributed by atoms with van der Waals surface area (Å²) in [4.78, 5) is 41.8. The molecular weight excluding hydrogens is 1160 g/mol. The van der Waals surface area contributed by atoms with Crippen LogP contribution in [-0.4, -0.2) is 158 Å². The van der Waals surface area contributed by atoms with Gasteiger partial charge >= 0.3 is 6.03 Å². The summed E-state index contributed by atoms with van der Waals surface area (Å²) in [6.07, 6.45) is 17.8. The van der Waals surface area contributed by atoms with Crippen molar-refractivity contribution in [3.8, 4) is 0 Å². The van der Waals surface area contributed by atoms with Gasteiger partial charge in [0.05, 0.1) is 16.3 Å². The van der Waals surface area contributed by atoms with Crippen LogP contribution in [0.4, 0.5) is 18.0 Å². The summed E-state index contributed by atoms with van der Waals surface area (Å²) in [6.45, 7) is 7.81. The Hall–Kier alpha value is -6.63. The molecule has 4 aliphatic rings. The molecule has 0 spiro atoms. The van der Waals surface area contributed by atoms with Gasteiger partial charge in [0.2, 0.25) is 15.9 Å². The van der Waals surface area contributed by atoms with E-state index in [1.807, 2.05) is 49.7 Å². The van der Waals surface area contributed by atoms with Gasteiger partial charge in [-0.15, -0.1) is 0 Å². The van der Waals surface area contributed by atoms with Crippen LogP contribution in [0, 0.1) is 17.5 Å². The number of rotatable bonds is 9. The summed E-state index contributed by atoms with van der Waals surface area (Å²) in [5.41, 5.74) is 10.1. The molecule has 2 fully saturated rings. The van der Waals surface area contributed by atoms with Gasteiger partial charge in [0.25, 0.3) is 10.2 Å². The molecule has 8 heterocycles. The zero-order valence-electron chi connectivity index (χ0n) is 47.3. The van der Waals surface area contributed by atoms with Gasteiger partial charge in [-0.2, -0.15) is 17.0 Å². The van der Waals surface area contributed by atoms with E-state index in [9.17, 15) is 39.6 Å². The molecule has 4 aromatic heterocycles. The number of benzene rings is 4. The summed E-state index contributed by atoms with van der Waals surface area (Å²) in [6, 6.07) is 19.2. The van der Waals surface area contributed by atoms with Crippen LogP contribution in [0.2, 0.25) is 10.0 Å². The van der Waals surface area contributed by atoms with Gasteiger partial charge in [0, 0.05) is 152 Å². The Balaban J connectivity index is 0.000000135. The van der Waals surface area contributed by atoms with Gasteiger partial charge in [-0.25, -0.2) is 31.5 Å². The second-order valence-electron chi connectivity index (χ2n) is 21.8. The van der Waals surface area contributed by atoms with Crippen LogP contribution in [0.15, 0.2) is 104 Å². The van der Waals surface area contributed by atoms with Gasteiger partial charge in [-0.1, -0.05) is 53.6 Å². The zero-order valence-corrected chi connectivity index (χ0v) is 50.4. The summed E-state index contributed by atoms with van der Waals surface area (Å²) in [5, 5.41) is 12.4. The minimum atomic E-state index is -3.59. The Morgan fingerprint density at radius 1 is 0.631 bits per heavy atom. The molecule has 24 heteroatoms. The number of amides is 3. The van der Waals surface area contributed by atoms with Gasteiger partial charge in [0.15, 0.2) is 0 Å². The second-order valence-corrected chi connectivity index (χ2v) is 26.2. The second kappa shape index (κ2) is 26.7. The van der Waals surface area contributed by atoms with E-state index in [1.165, 1.54) is 55.6 Å². The number of nitrogens with one attached hydrogen (secondary N) is 5. The predicted molar refractivity (Wildman–Crippen MR) is 329 cm³/mol. The first-order valence-electron chi connectivity index (χ1n) is 27.8. The third kappa shape index (κ3) is 14.9. The first kappa shape index (κ1) is 61.9. The van der Waals surface area contributed by atoms with Crippen molar-refractivity contribution in [2.75, 3.05) is 85.8 Å². The number of carbonyl (C=O) groups is 2. The van der Waals surface area contributed by atoms with E-state index in [-0.39, 0.29) is 33.7 Å². The van der Waals surface area contributed by atoms with Gasteiger partial charge < -0.3 is 40.0 Å². The molecule has 2 saturated heterocycles. The first-order valence-corrected chi connectivity index (χ1v) is 31.9. The molecule has 0 aliphatic carbocycles. The molecule has 0 bridgehead atoms. The number of carbonyl (C=O) groups excluding carboxylic acids is 2. The van der Waals surface area contributed by atoms with Crippen LogP contribution in [-0.2, 0) is 25.0 Å². The van der Waals surface area contributed by atoms with Crippen molar-refractivity contribution in [3.05, 3.63) is 153 Å². The number of hydrogen-bond acceptors (Lipinski definition) is 7. The van der Waals surface area contributed by atoms with Gasteiger partial charge in [-0.05, 0) is 135 Å². The standard InChI is InChI=1S/C18H26N4O.C15H14ClFN2O.C14H14ClFN2O2S.C13H16FN3O2S/c1-21(2)12-9-19-18(23)22-10-7-14(8-11-22)16-13-20-17-6-4-3-5-15(16)17;1-9(20)19-4-2-10(3-5-19)12-8-18-15-7-14(17)13(16)6-11(12)15;1-21(19,20)18-4-2-9(3-5-18)11-8-17-14-7-13(16)12(15)6-10(11)14;14-10-1-2-11-12(8-16-13(11)7-10)9-3-5-17(6-4-9)20(15,18)19/h3-6,13-14,20H,7-12H2,1-2H3,(H,19,23);2,6-8,18H,3-5H2,1H3;2,6-8,17H,3-5H2,1H3;1-2,7-9,16H,3-6H2,(H2,15,18,19). The molecular formula is C60H70Cl2F3N11O6S2. The summed E-state index contributed by atoms with van der Waals surface area (Å²) in [5.74, 6) is -0.255. The number of likely N-dealkylation sites (N-methyl/N-ethyl adjacent to an activating group) is 1. The molecule has 7 N–H and O–H groups in total. The molecule has 84 heavy (non-hydrogen) atoms. The lowest BCUT2D eigenvalue weighted by Gasteiger charge is -2.32. The summed E-state index contributed by atoms with van der Waals surface area (Å²) < 4.78 is 88.3. The van der Waals surface area contributed by atoms with Gasteiger partial charge in [0.1, 0.15) is 17.5 Å². The molecule has 0 atom stereocenters. The van der Waals surface area contributed by atoms with E-state index >= 15 is 0 Å². The molecule has 448 valence electrons. The van der Waals surface area contributed by atoms with Crippen LogP contribution >= 0.6 is 23.2 Å². The lowest BCUT2D eigenvalue weighted by atomic mass is 9.89. The van der Waals surface area contributed by atoms with Crippen LogP contribution < -0.4 is 10.5 Å². The van der Waals surface area contributed by atoms with Crippen LogP contribution in [0.1, 0.15) is 79.5 Å². The Morgan fingerprint density at radius 2 is 1.14 bits per heavy atom. The topological polar surface area (TPSA) is 220 Å². The average Bonchev–Trinajstić information content (AvgIpc) is 4.45. The van der Waals surface area contributed by atoms with Crippen LogP contribution in [0.25, 0.3) is 54.8 Å². The van der Waals surface area contributed by atoms with E-state index in [2.05, 4.69) is 60.6 Å². The first-order chi connectivity index (χ1) is 40.0. The number of piperidine rings is 2. The highest BCUT2D eigenvalue weighted by molar-refractivity contribution is 7.88. The normalized spacial score (nSPS) is 16.9. The number of hydrogen-bond donors (Lipinski definition) is 6. The number of nitrogens with two attached hydrogens (primary N) is 1. The van der Waals surface area contributed by atoms with E-state index < -0.39 is 31.9 Å². The molecule has 0 radical (unpaired) electrons. The maximum atomic E-state index is 13.4. The van der Waals surface area contributed by atoms with Crippen molar-refractivity contribution in [1.82, 2.24) is 48.6 Å². The molecule has 4 aromatic carbocycles. The highest BCUT2D eigenvalue weighted by atomic mass is 35.5. The van der Waals surface area contributed by atoms with Crippen LogP contribution in [0.5, 0.6) is 0 Å². The minimum Gasteiger partial charge on any atom is -0.361 e. The number of halogens is 5. The van der Waals surface area contributed by atoms with Crippen molar-refractivity contribution < 1.29 is 39.6 Å². The lowest BCUT2D eigenvalue weighted by Crippen LogP contribution is -2.45. The van der Waals surface area contributed by atoms with Crippen molar-refractivity contribution in [1.29, 1.82) is 0 Å². The highest BCUT2D eigenvalue weighted by Gasteiger charge is 2.29. The van der Waals surface area contributed by atoms with Crippen LogP contribution in [0.3, 0.4) is 0 Å². The number of H-pyrrole nitrogens is 4. The van der Waals surface area contributed by atoms with Crippen molar-refractivity contribution in [2.24, 2.45) is 5.14 Å². The number of nitrogens with zero attached hydrogens (tertiary/aromatic N) is 5. The Bertz CT molecular complexity index is 3980. The monoisotopic (exact) mass is 1230 g/mol. The molecule has 3 amide bonds. The van der Waals surface area contributed by atoms with Crippen molar-refractivity contribution >= 4 is 110 Å². The average molecular weight is 1230 g/mol. The fourth-order valence-electron chi connectivity index (χ4n) is 11.4. The molecule has 17 nitrogen and oxygen atoms in total. The fourth-order valence-corrected chi connectivity index (χ4v) is 13.2. The van der Waals surface area contributed by atoms with Crippen molar-refractivity contribution in [2.45, 2.75) is 57.3 Å². The number of para-hydroxylation sites is 1. The quantitative estimate of drug-likeness (QED) is 0.0820. The molecule has 12 rings (SSSR count). The zero-order chi connectivity index (χ0) is 60.0. The number of aromatic nitrogens is 4. The third-order valence-electron chi connectivity index (χ3n) is 16.0. The smallest absolute Gasteiger partial charge is 0.317 e. The fraction of sp³-hybridized carbons (Fsp3) is 0.367. The number of likely N-dealkylation sites (tertiary alicyclic amines) is 1. The van der Waals surface area contributed by atoms with Crippen molar-refractivity contribution in [3.63, 3.8) is 0 Å². The Kier molecular flexibility index (Phi) is 19.7. The predicted octanol–water partition coefficient (Wildman–Crippen LogP) is 10.9. The Morgan fingerprint density at radius 3 is 1.65 bits per heavy atom. The SMILES string of the molecule is CC(=O)N1CC=C(c2c[nH]c3cc(F)c(Cl)cc23)CC1.CN(C)CCNC(=O)N1CCC(c2c[nH]c3ccccc23)CC1.CS(=O)(=O)N1CC=C(c2c[nH]c3cc(F)c(Cl)cc23)CC1.NS(=O)(=O)N1CCC(c2c[nH]c3cc(F)ccc23)CC1. The van der Waals surface area contributed by atoms with E-state index in [0.29, 0.717) is 63.7 Å². The number of urea groups is 1. The molecule has 4 aliphatic heterocycles. The number of fused-ring (bicyclic) bond motifs is 4. The summed E-state index contributed by atoms with van der Waals surface area (Å²) in [7, 11) is -2.73.